The molecule has 0 aliphatic carbocycles. The van der Waals surface area contributed by atoms with Gasteiger partial charge in [-0.2, -0.15) is 0 Å². The fourth-order valence-electron chi connectivity index (χ4n) is 1.88. The van der Waals surface area contributed by atoms with E-state index in [1.54, 1.807) is 6.07 Å². The van der Waals surface area contributed by atoms with E-state index in [0.717, 1.165) is 18.4 Å². The van der Waals surface area contributed by atoms with Crippen LogP contribution in [-0.4, -0.2) is 9.91 Å². The highest BCUT2D eigenvalue weighted by Gasteiger charge is 2.17. The first-order chi connectivity index (χ1) is 8.54. The zero-order valence-electron chi connectivity index (χ0n) is 9.81. The Hall–Kier alpha value is -1.88. The van der Waals surface area contributed by atoms with Crippen LogP contribution in [0.15, 0.2) is 18.2 Å². The molecule has 6 heteroatoms. The molecule has 0 bridgehead atoms. The van der Waals surface area contributed by atoms with Crippen LogP contribution in [0.3, 0.4) is 0 Å². The Morgan fingerprint density at radius 1 is 1.50 bits per heavy atom. The predicted octanol–water partition coefficient (Wildman–Crippen LogP) is 3.33. The van der Waals surface area contributed by atoms with Crippen LogP contribution in [0.1, 0.15) is 18.9 Å². The zero-order valence-corrected chi connectivity index (χ0v) is 10.6. The summed E-state index contributed by atoms with van der Waals surface area (Å²) in [6.45, 7) is 2.03. The Morgan fingerprint density at radius 3 is 2.83 bits per heavy atom. The van der Waals surface area contributed by atoms with Crippen LogP contribution >= 0.6 is 11.6 Å². The minimum atomic E-state index is -0.482. The number of halogens is 1. The van der Waals surface area contributed by atoms with Crippen LogP contribution in [-0.2, 0) is 6.42 Å². The highest BCUT2D eigenvalue weighted by atomic mass is 35.5. The number of pyridine rings is 1. The number of hydrogen-bond donors (Lipinski definition) is 1. The van der Waals surface area contributed by atoms with E-state index in [4.69, 9.17) is 17.3 Å². The highest BCUT2D eigenvalue weighted by Crippen LogP contribution is 2.32. The molecule has 0 spiro atoms. The number of nitro groups is 1. The van der Waals surface area contributed by atoms with Gasteiger partial charge in [0.25, 0.3) is 5.69 Å². The van der Waals surface area contributed by atoms with Gasteiger partial charge in [-0.05, 0) is 24.1 Å². The number of nitro benzene ring substituents is 1. The molecular weight excluding hydrogens is 254 g/mol. The van der Waals surface area contributed by atoms with Crippen LogP contribution in [0.5, 0.6) is 0 Å². The number of benzene rings is 1. The van der Waals surface area contributed by atoms with Crippen molar-refractivity contribution in [1.29, 1.82) is 0 Å². The lowest BCUT2D eigenvalue weighted by Gasteiger charge is -2.07. The maximum absolute atomic E-state index is 10.9. The van der Waals surface area contributed by atoms with Crippen molar-refractivity contribution >= 4 is 34.0 Å². The van der Waals surface area contributed by atoms with Gasteiger partial charge in [0.2, 0.25) is 0 Å². The topological polar surface area (TPSA) is 82.0 Å². The van der Waals surface area contributed by atoms with Crippen LogP contribution in [0.4, 0.5) is 11.5 Å². The van der Waals surface area contributed by atoms with E-state index >= 15 is 0 Å². The van der Waals surface area contributed by atoms with Gasteiger partial charge in [0, 0.05) is 11.5 Å². The summed E-state index contributed by atoms with van der Waals surface area (Å²) in [6.07, 6.45) is 1.69. The van der Waals surface area contributed by atoms with Crippen LogP contribution < -0.4 is 5.73 Å². The summed E-state index contributed by atoms with van der Waals surface area (Å²) in [5, 5.41) is 11.9. The maximum Gasteiger partial charge on any atom is 0.295 e. The Kier molecular flexibility index (Phi) is 3.34. The molecule has 0 amide bonds. The van der Waals surface area contributed by atoms with Gasteiger partial charge in [0.1, 0.15) is 5.82 Å². The monoisotopic (exact) mass is 265 g/mol. The highest BCUT2D eigenvalue weighted by molar-refractivity contribution is 6.35. The molecule has 0 saturated heterocycles. The van der Waals surface area contributed by atoms with Crippen molar-refractivity contribution in [3.05, 3.63) is 38.9 Å². The van der Waals surface area contributed by atoms with Crippen LogP contribution in [0.25, 0.3) is 10.9 Å². The fourth-order valence-corrected chi connectivity index (χ4v) is 2.09. The Morgan fingerprint density at radius 2 is 2.22 bits per heavy atom. The van der Waals surface area contributed by atoms with Crippen molar-refractivity contribution in [2.75, 3.05) is 5.73 Å². The van der Waals surface area contributed by atoms with E-state index in [1.165, 1.54) is 12.1 Å². The lowest BCUT2D eigenvalue weighted by molar-refractivity contribution is -0.383. The Labute approximate surface area is 109 Å². The van der Waals surface area contributed by atoms with Gasteiger partial charge < -0.3 is 5.73 Å². The fraction of sp³-hybridized carbons (Fsp3) is 0.250. The molecule has 0 atom stereocenters. The standard InChI is InChI=1S/C12H12ClN3O2/c1-2-3-7-6-8-9(13)4-5-10(16(17)18)11(8)15-12(7)14/h4-6H,2-3H2,1H3,(H2,14,15). The Bertz CT molecular complexity index is 628. The maximum atomic E-state index is 10.9. The van der Waals surface area contributed by atoms with Gasteiger partial charge >= 0.3 is 0 Å². The van der Waals surface area contributed by atoms with Crippen molar-refractivity contribution in [3.63, 3.8) is 0 Å². The van der Waals surface area contributed by atoms with Gasteiger partial charge in [0.05, 0.1) is 9.95 Å². The van der Waals surface area contributed by atoms with Gasteiger partial charge in [-0.1, -0.05) is 24.9 Å². The molecule has 2 rings (SSSR count). The summed E-state index contributed by atoms with van der Waals surface area (Å²) in [4.78, 5) is 14.6. The first-order valence-electron chi connectivity index (χ1n) is 5.56. The lowest BCUT2D eigenvalue weighted by atomic mass is 10.1. The number of nitrogen functional groups attached to an aromatic ring is 1. The molecule has 1 heterocycles. The molecule has 0 radical (unpaired) electrons. The second kappa shape index (κ2) is 4.78. The average Bonchev–Trinajstić information content (AvgIpc) is 2.31. The molecule has 1 aromatic heterocycles. The number of fused-ring (bicyclic) bond motifs is 1. The van der Waals surface area contributed by atoms with Crippen molar-refractivity contribution in [1.82, 2.24) is 4.98 Å². The SMILES string of the molecule is CCCc1cc2c(Cl)ccc([N+](=O)[O-])c2nc1N. The smallest absolute Gasteiger partial charge is 0.295 e. The molecule has 0 fully saturated rings. The van der Waals surface area contributed by atoms with Gasteiger partial charge in [-0.3, -0.25) is 10.1 Å². The van der Waals surface area contributed by atoms with Crippen LogP contribution in [0.2, 0.25) is 5.02 Å². The first-order valence-corrected chi connectivity index (χ1v) is 5.94. The summed E-state index contributed by atoms with van der Waals surface area (Å²) < 4.78 is 0. The summed E-state index contributed by atoms with van der Waals surface area (Å²) in [5.74, 6) is 0.328. The molecular formula is C12H12ClN3O2. The molecule has 94 valence electrons. The quantitative estimate of drug-likeness (QED) is 0.682. The van der Waals surface area contributed by atoms with Crippen LogP contribution in [0, 0.1) is 10.1 Å². The van der Waals surface area contributed by atoms with Gasteiger partial charge in [-0.15, -0.1) is 0 Å². The van der Waals surface area contributed by atoms with E-state index < -0.39 is 4.92 Å². The number of anilines is 1. The van der Waals surface area contributed by atoms with Crippen molar-refractivity contribution < 1.29 is 4.92 Å². The van der Waals surface area contributed by atoms with E-state index in [1.807, 2.05) is 6.92 Å². The van der Waals surface area contributed by atoms with Gasteiger partial charge in [0.15, 0.2) is 5.52 Å². The van der Waals surface area contributed by atoms with Crippen molar-refractivity contribution in [2.45, 2.75) is 19.8 Å². The molecule has 2 N–H and O–H groups in total. The number of hydrogen-bond acceptors (Lipinski definition) is 4. The summed E-state index contributed by atoms with van der Waals surface area (Å²) in [5.41, 5.74) is 6.84. The molecule has 0 aliphatic heterocycles. The van der Waals surface area contributed by atoms with E-state index in [0.29, 0.717) is 16.2 Å². The number of rotatable bonds is 3. The summed E-state index contributed by atoms with van der Waals surface area (Å²) >= 11 is 6.05. The minimum absolute atomic E-state index is 0.0795. The molecule has 2 aromatic rings. The Balaban J connectivity index is 2.77. The molecule has 0 saturated carbocycles. The molecule has 0 aliphatic rings. The number of aromatic nitrogens is 1. The first kappa shape index (κ1) is 12.6. The largest absolute Gasteiger partial charge is 0.383 e. The number of aryl methyl sites for hydroxylation is 1. The molecule has 1 aromatic carbocycles. The third-order valence-electron chi connectivity index (χ3n) is 2.74. The second-order valence-electron chi connectivity index (χ2n) is 4.00. The average molecular weight is 266 g/mol. The lowest BCUT2D eigenvalue weighted by Crippen LogP contribution is -2.00. The van der Waals surface area contributed by atoms with Gasteiger partial charge in [-0.25, -0.2) is 4.98 Å². The summed E-state index contributed by atoms with van der Waals surface area (Å²) in [6, 6.07) is 4.64. The molecule has 5 nitrogen and oxygen atoms in total. The van der Waals surface area contributed by atoms with Crippen molar-refractivity contribution in [3.8, 4) is 0 Å². The third kappa shape index (κ3) is 2.09. The number of nitrogens with zero attached hydrogens (tertiary/aromatic N) is 2. The normalized spacial score (nSPS) is 10.8. The zero-order chi connectivity index (χ0) is 13.3. The molecule has 18 heavy (non-hydrogen) atoms. The minimum Gasteiger partial charge on any atom is -0.383 e. The predicted molar refractivity (Wildman–Crippen MR) is 71.8 cm³/mol. The van der Waals surface area contributed by atoms with E-state index in [9.17, 15) is 10.1 Å². The third-order valence-corrected chi connectivity index (χ3v) is 3.07. The van der Waals surface area contributed by atoms with E-state index in [-0.39, 0.29) is 11.2 Å². The molecule has 0 unspecified atom stereocenters. The number of non-ortho nitro benzene ring substituents is 1. The van der Waals surface area contributed by atoms with E-state index in [2.05, 4.69) is 4.98 Å². The van der Waals surface area contributed by atoms with Crippen molar-refractivity contribution in [2.24, 2.45) is 0 Å². The summed E-state index contributed by atoms with van der Waals surface area (Å²) in [7, 11) is 0. The number of nitrogens with two attached hydrogens (primary N) is 1. The second-order valence-corrected chi connectivity index (χ2v) is 4.41.